The van der Waals surface area contributed by atoms with E-state index in [1.165, 1.54) is 0 Å². The Morgan fingerprint density at radius 3 is 2.27 bits per heavy atom. The van der Waals surface area contributed by atoms with Gasteiger partial charge in [0.15, 0.2) is 11.6 Å². The van der Waals surface area contributed by atoms with Crippen molar-refractivity contribution >= 4 is 34.8 Å². The number of hydrogen-bond acceptors (Lipinski definition) is 4. The molecule has 1 aromatic heterocycles. The van der Waals surface area contributed by atoms with Gasteiger partial charge < -0.3 is 10.6 Å². The van der Waals surface area contributed by atoms with Gasteiger partial charge in [-0.2, -0.15) is 0 Å². The van der Waals surface area contributed by atoms with Gasteiger partial charge in [0, 0.05) is 16.1 Å². The number of carbonyl (C=O) groups is 1. The molecule has 0 atom stereocenters. The Labute approximate surface area is 135 Å². The van der Waals surface area contributed by atoms with Crippen LogP contribution >= 0.6 is 11.6 Å². The third-order valence-corrected chi connectivity index (χ3v) is 3.27. The highest BCUT2D eigenvalue weighted by Gasteiger charge is 2.21. The van der Waals surface area contributed by atoms with Crippen LogP contribution in [0, 0.1) is 12.3 Å². The van der Waals surface area contributed by atoms with E-state index in [0.717, 1.165) is 11.3 Å². The third-order valence-electron chi connectivity index (χ3n) is 3.04. The minimum absolute atomic E-state index is 0.101. The number of nitrogens with one attached hydrogen (secondary N) is 2. The zero-order valence-electron chi connectivity index (χ0n) is 13.1. The number of hydrogen-bond donors (Lipinski definition) is 2. The fourth-order valence-corrected chi connectivity index (χ4v) is 1.90. The number of amides is 1. The molecule has 116 valence electrons. The molecule has 0 aliphatic heterocycles. The molecule has 1 aromatic carbocycles. The van der Waals surface area contributed by atoms with E-state index in [1.807, 2.05) is 45.9 Å². The Hall–Kier alpha value is -2.14. The predicted molar refractivity (Wildman–Crippen MR) is 89.6 cm³/mol. The van der Waals surface area contributed by atoms with Crippen molar-refractivity contribution in [2.45, 2.75) is 27.7 Å². The van der Waals surface area contributed by atoms with Gasteiger partial charge in [0.1, 0.15) is 0 Å². The van der Waals surface area contributed by atoms with Gasteiger partial charge in [-0.3, -0.25) is 4.79 Å². The van der Waals surface area contributed by atoms with Crippen LogP contribution in [0.1, 0.15) is 26.3 Å². The maximum absolute atomic E-state index is 11.9. The highest BCUT2D eigenvalue weighted by molar-refractivity contribution is 6.30. The first-order valence-corrected chi connectivity index (χ1v) is 7.32. The van der Waals surface area contributed by atoms with E-state index in [1.54, 1.807) is 12.1 Å². The highest BCUT2D eigenvalue weighted by atomic mass is 35.5. The molecule has 0 radical (unpaired) electrons. The van der Waals surface area contributed by atoms with E-state index in [4.69, 9.17) is 11.6 Å². The van der Waals surface area contributed by atoms with Gasteiger partial charge in [0.05, 0.1) is 0 Å². The molecule has 5 nitrogen and oxygen atoms in total. The van der Waals surface area contributed by atoms with Gasteiger partial charge >= 0.3 is 0 Å². The minimum atomic E-state index is -0.473. The maximum atomic E-state index is 11.9. The quantitative estimate of drug-likeness (QED) is 0.891. The molecule has 2 rings (SSSR count). The number of anilines is 3. The molecule has 1 heterocycles. The first kappa shape index (κ1) is 16.2. The second-order valence-corrected chi connectivity index (χ2v) is 6.53. The summed E-state index contributed by atoms with van der Waals surface area (Å²) in [6.07, 6.45) is 0. The Kier molecular flexibility index (Phi) is 4.66. The van der Waals surface area contributed by atoms with Crippen LogP contribution in [0.2, 0.25) is 5.02 Å². The fraction of sp³-hybridized carbons (Fsp3) is 0.312. The molecule has 0 spiro atoms. The minimum Gasteiger partial charge on any atom is -0.339 e. The Morgan fingerprint density at radius 1 is 1.09 bits per heavy atom. The summed E-state index contributed by atoms with van der Waals surface area (Å²) in [6, 6.07) is 9.04. The molecule has 0 aliphatic carbocycles. The number of aryl methyl sites for hydroxylation is 1. The smallest absolute Gasteiger partial charge is 0.230 e. The van der Waals surface area contributed by atoms with Crippen LogP contribution in [-0.4, -0.2) is 16.1 Å². The molecule has 0 fully saturated rings. The van der Waals surface area contributed by atoms with Gasteiger partial charge in [-0.15, -0.1) is 10.2 Å². The summed E-state index contributed by atoms with van der Waals surface area (Å²) < 4.78 is 0. The van der Waals surface area contributed by atoms with E-state index >= 15 is 0 Å². The number of halogens is 1. The van der Waals surface area contributed by atoms with Gasteiger partial charge in [0.2, 0.25) is 5.91 Å². The summed E-state index contributed by atoms with van der Waals surface area (Å²) in [5, 5.41) is 14.7. The van der Waals surface area contributed by atoms with Gasteiger partial charge in [0.25, 0.3) is 0 Å². The van der Waals surface area contributed by atoms with E-state index in [-0.39, 0.29) is 5.91 Å². The van der Waals surface area contributed by atoms with Gasteiger partial charge in [-0.05, 0) is 42.8 Å². The molecule has 1 amide bonds. The standard InChI is InChI=1S/C16H19ClN4O/c1-10-9-11(17)5-6-12(10)18-13-7-8-14(21-20-13)19-15(22)16(2,3)4/h5-9H,1-4H3,(H,18,20)(H,19,21,22). The van der Waals surface area contributed by atoms with E-state index in [2.05, 4.69) is 20.8 Å². The van der Waals surface area contributed by atoms with E-state index < -0.39 is 5.41 Å². The number of carbonyl (C=O) groups excluding carboxylic acids is 1. The van der Waals surface area contributed by atoms with Crippen molar-refractivity contribution in [2.24, 2.45) is 5.41 Å². The van der Waals surface area contributed by atoms with Gasteiger partial charge in [-0.1, -0.05) is 32.4 Å². The zero-order chi connectivity index (χ0) is 16.3. The summed E-state index contributed by atoms with van der Waals surface area (Å²) in [5.74, 6) is 0.925. The largest absolute Gasteiger partial charge is 0.339 e. The average molecular weight is 319 g/mol. The monoisotopic (exact) mass is 318 g/mol. The molecule has 0 aliphatic rings. The lowest BCUT2D eigenvalue weighted by atomic mass is 9.96. The molecular weight excluding hydrogens is 300 g/mol. The zero-order valence-corrected chi connectivity index (χ0v) is 13.8. The van der Waals surface area contributed by atoms with Crippen LogP contribution in [-0.2, 0) is 4.79 Å². The Bertz CT molecular complexity index is 678. The average Bonchev–Trinajstić information content (AvgIpc) is 2.43. The molecule has 22 heavy (non-hydrogen) atoms. The van der Waals surface area contributed by atoms with Crippen LogP contribution in [0.25, 0.3) is 0 Å². The SMILES string of the molecule is Cc1cc(Cl)ccc1Nc1ccc(NC(=O)C(C)(C)C)nn1. The molecule has 2 aromatic rings. The normalized spacial score (nSPS) is 11.1. The van der Waals surface area contributed by atoms with Crippen molar-refractivity contribution in [3.63, 3.8) is 0 Å². The van der Waals surface area contributed by atoms with Crippen LogP contribution in [0.4, 0.5) is 17.3 Å². The van der Waals surface area contributed by atoms with Crippen molar-refractivity contribution < 1.29 is 4.79 Å². The lowest BCUT2D eigenvalue weighted by Crippen LogP contribution is -2.28. The predicted octanol–water partition coefficient (Wildman–Crippen LogP) is 4.17. The summed E-state index contributed by atoms with van der Waals surface area (Å²) >= 11 is 5.93. The Balaban J connectivity index is 2.07. The first-order valence-electron chi connectivity index (χ1n) is 6.94. The topological polar surface area (TPSA) is 66.9 Å². The fourth-order valence-electron chi connectivity index (χ4n) is 1.67. The molecular formula is C16H19ClN4O. The first-order chi connectivity index (χ1) is 10.3. The van der Waals surface area contributed by atoms with Crippen molar-refractivity contribution in [3.8, 4) is 0 Å². The number of aromatic nitrogens is 2. The van der Waals surface area contributed by atoms with E-state index in [0.29, 0.717) is 16.7 Å². The number of benzene rings is 1. The number of rotatable bonds is 3. The van der Waals surface area contributed by atoms with Crippen LogP contribution in [0.15, 0.2) is 30.3 Å². The molecule has 6 heteroatoms. The lowest BCUT2D eigenvalue weighted by Gasteiger charge is -2.17. The molecule has 0 saturated heterocycles. The van der Waals surface area contributed by atoms with Gasteiger partial charge in [-0.25, -0.2) is 0 Å². The van der Waals surface area contributed by atoms with Crippen molar-refractivity contribution in [2.75, 3.05) is 10.6 Å². The maximum Gasteiger partial charge on any atom is 0.230 e. The highest BCUT2D eigenvalue weighted by Crippen LogP contribution is 2.23. The second kappa shape index (κ2) is 6.32. The van der Waals surface area contributed by atoms with Crippen LogP contribution in [0.3, 0.4) is 0 Å². The Morgan fingerprint density at radius 2 is 1.73 bits per heavy atom. The molecule has 2 N–H and O–H groups in total. The van der Waals surface area contributed by atoms with Crippen molar-refractivity contribution in [3.05, 3.63) is 40.9 Å². The molecule has 0 saturated carbocycles. The third kappa shape index (κ3) is 4.18. The van der Waals surface area contributed by atoms with Crippen molar-refractivity contribution in [1.29, 1.82) is 0 Å². The molecule has 0 unspecified atom stereocenters. The summed E-state index contributed by atoms with van der Waals surface area (Å²) in [5.41, 5.74) is 1.45. The van der Waals surface area contributed by atoms with Crippen LogP contribution < -0.4 is 10.6 Å². The summed E-state index contributed by atoms with van der Waals surface area (Å²) in [6.45, 7) is 7.48. The summed E-state index contributed by atoms with van der Waals surface area (Å²) in [4.78, 5) is 11.9. The second-order valence-electron chi connectivity index (χ2n) is 6.09. The molecule has 0 bridgehead atoms. The number of nitrogens with zero attached hydrogens (tertiary/aromatic N) is 2. The van der Waals surface area contributed by atoms with Crippen LogP contribution in [0.5, 0.6) is 0 Å². The van der Waals surface area contributed by atoms with E-state index in [9.17, 15) is 4.79 Å². The summed E-state index contributed by atoms with van der Waals surface area (Å²) in [7, 11) is 0. The lowest BCUT2D eigenvalue weighted by molar-refractivity contribution is -0.123. The van der Waals surface area contributed by atoms with Crippen molar-refractivity contribution in [1.82, 2.24) is 10.2 Å².